The maximum atomic E-state index is 11.7. The number of aromatic carboxylic acids is 1. The van der Waals surface area contributed by atoms with Gasteiger partial charge in [-0.05, 0) is 26.0 Å². The Kier molecular flexibility index (Phi) is 4.07. The summed E-state index contributed by atoms with van der Waals surface area (Å²) < 4.78 is 0. The molecule has 0 saturated heterocycles. The molecular formula is C11H14N2O4S. The summed E-state index contributed by atoms with van der Waals surface area (Å²) in [5.41, 5.74) is 4.33. The second kappa shape index (κ2) is 5.18. The Morgan fingerprint density at radius 1 is 1.33 bits per heavy atom. The molecule has 0 fully saturated rings. The quantitative estimate of drug-likeness (QED) is 0.731. The zero-order valence-electron chi connectivity index (χ0n) is 10.0. The Morgan fingerprint density at radius 3 is 2.33 bits per heavy atom. The molecule has 1 rings (SSSR count). The second-order valence-corrected chi connectivity index (χ2v) is 5.48. The Hall–Kier alpha value is -1.89. The molecule has 7 heteroatoms. The van der Waals surface area contributed by atoms with Gasteiger partial charge in [0.25, 0.3) is 5.91 Å². The minimum absolute atomic E-state index is 0.0920. The number of amides is 2. The van der Waals surface area contributed by atoms with Crippen molar-refractivity contribution in [3.8, 4) is 0 Å². The first-order valence-electron chi connectivity index (χ1n) is 5.15. The number of primary amides is 1. The van der Waals surface area contributed by atoms with Crippen molar-refractivity contribution >= 4 is 29.1 Å². The lowest BCUT2D eigenvalue weighted by atomic mass is 9.93. The van der Waals surface area contributed by atoms with Crippen LogP contribution in [-0.4, -0.2) is 29.4 Å². The SMILES string of the molecule is CC(C)(CNC(=O)c1ccc(C(=O)O)s1)C(N)=O. The number of nitrogens with one attached hydrogen (secondary N) is 1. The fourth-order valence-electron chi connectivity index (χ4n) is 1.05. The average molecular weight is 270 g/mol. The van der Waals surface area contributed by atoms with E-state index in [1.54, 1.807) is 13.8 Å². The summed E-state index contributed by atoms with van der Waals surface area (Å²) in [7, 11) is 0. The Balaban J connectivity index is 2.66. The van der Waals surface area contributed by atoms with Gasteiger partial charge in [-0.3, -0.25) is 9.59 Å². The molecule has 0 aliphatic heterocycles. The monoisotopic (exact) mass is 270 g/mol. The van der Waals surface area contributed by atoms with Gasteiger partial charge in [-0.1, -0.05) is 0 Å². The molecule has 18 heavy (non-hydrogen) atoms. The highest BCUT2D eigenvalue weighted by molar-refractivity contribution is 7.15. The summed E-state index contributed by atoms with van der Waals surface area (Å²) in [5, 5.41) is 11.3. The fraction of sp³-hybridized carbons (Fsp3) is 0.364. The van der Waals surface area contributed by atoms with Crippen LogP contribution in [0.2, 0.25) is 0 Å². The van der Waals surface area contributed by atoms with Gasteiger partial charge < -0.3 is 16.2 Å². The van der Waals surface area contributed by atoms with E-state index >= 15 is 0 Å². The van der Waals surface area contributed by atoms with E-state index in [1.165, 1.54) is 12.1 Å². The molecule has 1 heterocycles. The Morgan fingerprint density at radius 2 is 1.89 bits per heavy atom. The lowest BCUT2D eigenvalue weighted by molar-refractivity contribution is -0.125. The van der Waals surface area contributed by atoms with Crippen LogP contribution < -0.4 is 11.1 Å². The predicted octanol–water partition coefficient (Wildman–Crippen LogP) is 0.688. The number of hydrogen-bond donors (Lipinski definition) is 3. The largest absolute Gasteiger partial charge is 0.477 e. The first-order chi connectivity index (χ1) is 8.24. The van der Waals surface area contributed by atoms with Crippen LogP contribution in [0, 0.1) is 5.41 Å². The lowest BCUT2D eigenvalue weighted by Crippen LogP contribution is -2.42. The topological polar surface area (TPSA) is 109 Å². The molecule has 4 N–H and O–H groups in total. The standard InChI is InChI=1S/C11H14N2O4S/c1-11(2,10(12)17)5-13-8(14)6-3-4-7(18-6)9(15)16/h3-4H,5H2,1-2H3,(H2,12,17)(H,13,14)(H,15,16). The van der Waals surface area contributed by atoms with Crippen molar-refractivity contribution in [3.63, 3.8) is 0 Å². The minimum Gasteiger partial charge on any atom is -0.477 e. The van der Waals surface area contributed by atoms with Gasteiger partial charge in [0.1, 0.15) is 4.88 Å². The van der Waals surface area contributed by atoms with Crippen LogP contribution in [0.15, 0.2) is 12.1 Å². The van der Waals surface area contributed by atoms with Crippen molar-refractivity contribution in [1.82, 2.24) is 5.32 Å². The number of carbonyl (C=O) groups excluding carboxylic acids is 2. The van der Waals surface area contributed by atoms with E-state index in [0.717, 1.165) is 11.3 Å². The predicted molar refractivity (Wildman–Crippen MR) is 66.6 cm³/mol. The molecule has 6 nitrogen and oxygen atoms in total. The van der Waals surface area contributed by atoms with E-state index in [-0.39, 0.29) is 16.3 Å². The van der Waals surface area contributed by atoms with Gasteiger partial charge in [-0.25, -0.2) is 4.79 Å². The van der Waals surface area contributed by atoms with E-state index in [9.17, 15) is 14.4 Å². The van der Waals surface area contributed by atoms with Crippen LogP contribution in [0.1, 0.15) is 33.2 Å². The summed E-state index contributed by atoms with van der Waals surface area (Å²) in [6.07, 6.45) is 0. The van der Waals surface area contributed by atoms with Crippen LogP contribution in [-0.2, 0) is 4.79 Å². The van der Waals surface area contributed by atoms with Crippen LogP contribution in [0.4, 0.5) is 0 Å². The zero-order valence-corrected chi connectivity index (χ0v) is 10.8. The van der Waals surface area contributed by atoms with Gasteiger partial charge in [0, 0.05) is 6.54 Å². The van der Waals surface area contributed by atoms with Crippen molar-refractivity contribution < 1.29 is 19.5 Å². The van der Waals surface area contributed by atoms with Crippen LogP contribution >= 0.6 is 11.3 Å². The van der Waals surface area contributed by atoms with Crippen molar-refractivity contribution in [2.24, 2.45) is 11.1 Å². The number of carboxylic acid groups (broad SMARTS) is 1. The van der Waals surface area contributed by atoms with E-state index < -0.39 is 23.2 Å². The summed E-state index contributed by atoms with van der Waals surface area (Å²) in [6.45, 7) is 3.33. The Labute approximate surface area is 108 Å². The van der Waals surface area contributed by atoms with E-state index in [4.69, 9.17) is 10.8 Å². The highest BCUT2D eigenvalue weighted by atomic mass is 32.1. The van der Waals surface area contributed by atoms with Gasteiger partial charge in [0.15, 0.2) is 0 Å². The van der Waals surface area contributed by atoms with Crippen LogP contribution in [0.25, 0.3) is 0 Å². The number of carbonyl (C=O) groups is 3. The van der Waals surface area contributed by atoms with Gasteiger partial charge in [-0.2, -0.15) is 0 Å². The van der Waals surface area contributed by atoms with E-state index in [1.807, 2.05) is 0 Å². The molecule has 0 aromatic carbocycles. The normalized spacial score (nSPS) is 11.0. The van der Waals surface area contributed by atoms with Gasteiger partial charge in [-0.15, -0.1) is 11.3 Å². The number of thiophene rings is 1. The molecule has 0 bridgehead atoms. The fourth-order valence-corrected chi connectivity index (χ4v) is 1.81. The minimum atomic E-state index is -1.07. The number of rotatable bonds is 5. The molecule has 0 saturated carbocycles. The molecule has 1 aromatic rings. The third kappa shape index (κ3) is 3.30. The molecule has 2 amide bonds. The summed E-state index contributed by atoms with van der Waals surface area (Å²) in [5.74, 6) is -2.00. The number of nitrogens with two attached hydrogens (primary N) is 1. The summed E-state index contributed by atoms with van der Waals surface area (Å²) >= 11 is 0.880. The van der Waals surface area contributed by atoms with E-state index in [0.29, 0.717) is 0 Å². The van der Waals surface area contributed by atoms with Gasteiger partial charge in [0.2, 0.25) is 5.91 Å². The Bertz CT molecular complexity index is 493. The molecule has 98 valence electrons. The molecular weight excluding hydrogens is 256 g/mol. The van der Waals surface area contributed by atoms with Crippen molar-refractivity contribution in [2.45, 2.75) is 13.8 Å². The summed E-state index contributed by atoms with van der Waals surface area (Å²) in [6, 6.07) is 2.79. The molecule has 0 atom stereocenters. The van der Waals surface area contributed by atoms with Crippen molar-refractivity contribution in [1.29, 1.82) is 0 Å². The molecule has 0 unspecified atom stereocenters. The highest BCUT2D eigenvalue weighted by Crippen LogP contribution is 2.17. The average Bonchev–Trinajstić information content (AvgIpc) is 2.75. The third-order valence-electron chi connectivity index (χ3n) is 2.40. The van der Waals surface area contributed by atoms with Gasteiger partial charge in [0.05, 0.1) is 10.3 Å². The maximum absolute atomic E-state index is 11.7. The molecule has 0 aliphatic rings. The zero-order chi connectivity index (χ0) is 13.9. The second-order valence-electron chi connectivity index (χ2n) is 4.40. The maximum Gasteiger partial charge on any atom is 0.345 e. The third-order valence-corrected chi connectivity index (χ3v) is 3.47. The first kappa shape index (κ1) is 14.2. The molecule has 1 aromatic heterocycles. The van der Waals surface area contributed by atoms with Crippen LogP contribution in [0.5, 0.6) is 0 Å². The summed E-state index contributed by atoms with van der Waals surface area (Å²) in [4.78, 5) is 33.8. The highest BCUT2D eigenvalue weighted by Gasteiger charge is 2.26. The van der Waals surface area contributed by atoms with Crippen molar-refractivity contribution in [3.05, 3.63) is 21.9 Å². The van der Waals surface area contributed by atoms with Gasteiger partial charge >= 0.3 is 5.97 Å². The molecule has 0 radical (unpaired) electrons. The lowest BCUT2D eigenvalue weighted by Gasteiger charge is -2.20. The molecule has 0 aliphatic carbocycles. The van der Waals surface area contributed by atoms with Crippen LogP contribution in [0.3, 0.4) is 0 Å². The first-order valence-corrected chi connectivity index (χ1v) is 5.97. The molecule has 0 spiro atoms. The number of carboxylic acids is 1. The number of hydrogen-bond acceptors (Lipinski definition) is 4. The smallest absolute Gasteiger partial charge is 0.345 e. The van der Waals surface area contributed by atoms with E-state index in [2.05, 4.69) is 5.32 Å². The van der Waals surface area contributed by atoms with Crippen molar-refractivity contribution in [2.75, 3.05) is 6.54 Å².